The summed E-state index contributed by atoms with van der Waals surface area (Å²) in [4.78, 5) is 10.6. The van der Waals surface area contributed by atoms with E-state index in [-0.39, 0.29) is 0 Å². The predicted molar refractivity (Wildman–Crippen MR) is 224 cm³/mol. The highest BCUT2D eigenvalue weighted by Gasteiger charge is 2.27. The maximum Gasteiger partial charge on any atom is 0.165 e. The van der Waals surface area contributed by atoms with E-state index in [1.165, 1.54) is 60.4 Å². The van der Waals surface area contributed by atoms with E-state index in [4.69, 9.17) is 9.97 Å². The molecule has 0 atom stereocenters. The first-order valence-electron chi connectivity index (χ1n) is 18.4. The molecule has 54 heavy (non-hydrogen) atoms. The highest BCUT2D eigenvalue weighted by molar-refractivity contribution is 6.18. The molecule has 11 aromatic rings. The molecule has 1 aliphatic heterocycles. The summed E-state index contributed by atoms with van der Waals surface area (Å²) in [6, 6.07) is 65.5. The number of hydrogen-bond donors (Lipinski definition) is 0. The number of fused-ring (bicyclic) bond motifs is 12. The monoisotopic (exact) mass is 686 g/mol. The minimum Gasteiger partial charge on any atom is -0.309 e. The van der Waals surface area contributed by atoms with Crippen LogP contribution in [0.1, 0.15) is 0 Å². The molecule has 4 heterocycles. The molecule has 8 aromatic carbocycles. The molecule has 0 bridgehead atoms. The molecule has 0 N–H and O–H groups in total. The molecule has 0 radical (unpaired) electrons. The molecular formula is C50H30N4. The highest BCUT2D eigenvalue weighted by atomic mass is 15.1. The van der Waals surface area contributed by atoms with Crippen LogP contribution in [0.15, 0.2) is 182 Å². The van der Waals surface area contributed by atoms with Gasteiger partial charge in [-0.15, -0.1) is 0 Å². The van der Waals surface area contributed by atoms with Crippen LogP contribution < -0.4 is 0 Å². The van der Waals surface area contributed by atoms with Gasteiger partial charge in [-0.25, -0.2) is 9.97 Å². The zero-order valence-electron chi connectivity index (χ0n) is 29.1. The lowest BCUT2D eigenvalue weighted by atomic mass is 9.92. The third-order valence-corrected chi connectivity index (χ3v) is 11.2. The van der Waals surface area contributed by atoms with Crippen molar-refractivity contribution in [2.75, 3.05) is 0 Å². The van der Waals surface area contributed by atoms with Gasteiger partial charge in [0.2, 0.25) is 0 Å². The SMILES string of the molecule is c1ccc(-c2ccc(-n3c4ccccc4c4cc(-c5cc6c7c(c5)c5ccccc5n7-c5nc7ccccc7nc5-c5ccccc5-6)ccc43)cc2)cc1. The van der Waals surface area contributed by atoms with Crippen LogP contribution in [0.2, 0.25) is 0 Å². The quantitative estimate of drug-likeness (QED) is 0.185. The van der Waals surface area contributed by atoms with E-state index in [0.717, 1.165) is 50.4 Å². The van der Waals surface area contributed by atoms with Gasteiger partial charge in [-0.1, -0.05) is 121 Å². The Hall–Kier alpha value is -7.30. The van der Waals surface area contributed by atoms with Gasteiger partial charge in [-0.05, 0) is 88.5 Å². The van der Waals surface area contributed by atoms with Gasteiger partial charge < -0.3 is 4.57 Å². The average molecular weight is 687 g/mol. The molecule has 0 saturated heterocycles. The number of hydrogen-bond acceptors (Lipinski definition) is 2. The molecular weight excluding hydrogens is 657 g/mol. The lowest BCUT2D eigenvalue weighted by Gasteiger charge is -2.12. The second kappa shape index (κ2) is 11.1. The van der Waals surface area contributed by atoms with Gasteiger partial charge in [0.15, 0.2) is 5.82 Å². The van der Waals surface area contributed by atoms with Crippen LogP contribution in [0.4, 0.5) is 0 Å². The van der Waals surface area contributed by atoms with Crippen LogP contribution in [-0.2, 0) is 0 Å². The zero-order valence-corrected chi connectivity index (χ0v) is 29.1. The van der Waals surface area contributed by atoms with Crippen LogP contribution >= 0.6 is 0 Å². The fourth-order valence-corrected chi connectivity index (χ4v) is 8.81. The van der Waals surface area contributed by atoms with Crippen LogP contribution in [-0.4, -0.2) is 19.1 Å². The summed E-state index contributed by atoms with van der Waals surface area (Å²) in [5, 5.41) is 4.88. The molecule has 0 spiro atoms. The Balaban J connectivity index is 1.10. The first kappa shape index (κ1) is 29.3. The van der Waals surface area contributed by atoms with Crippen molar-refractivity contribution in [1.29, 1.82) is 0 Å². The van der Waals surface area contributed by atoms with Crippen molar-refractivity contribution < 1.29 is 0 Å². The second-order valence-corrected chi connectivity index (χ2v) is 14.2. The van der Waals surface area contributed by atoms with Gasteiger partial charge >= 0.3 is 0 Å². The Morgan fingerprint density at radius 3 is 1.70 bits per heavy atom. The zero-order chi connectivity index (χ0) is 35.3. The molecule has 0 amide bonds. The van der Waals surface area contributed by atoms with Crippen LogP contribution in [0.3, 0.4) is 0 Å². The fraction of sp³-hybridized carbons (Fsp3) is 0. The first-order chi connectivity index (χ1) is 26.8. The molecule has 0 saturated carbocycles. The standard InChI is InChI=1S/C50H30N4/c1-2-12-31(13-3-1)32-22-25-35(26-23-32)53-45-20-10-6-15-37(45)40-28-33(24-27-47(40)53)34-29-41-36-14-4-5-17-39(36)48-50(52-44-19-9-8-18-43(44)51-48)54-46-21-11-7-16-38(46)42(30-34)49(41)54/h1-30H. The van der Waals surface area contributed by atoms with Crippen LogP contribution in [0, 0.1) is 0 Å². The van der Waals surface area contributed by atoms with Crippen molar-refractivity contribution in [3.8, 4) is 56.1 Å². The first-order valence-corrected chi connectivity index (χ1v) is 18.4. The lowest BCUT2D eigenvalue weighted by molar-refractivity contribution is 1.09. The molecule has 0 aliphatic carbocycles. The molecule has 0 unspecified atom stereocenters. The van der Waals surface area contributed by atoms with Gasteiger partial charge in [0.1, 0.15) is 5.69 Å². The Kier molecular flexibility index (Phi) is 6.02. The predicted octanol–water partition coefficient (Wildman–Crippen LogP) is 12.8. The van der Waals surface area contributed by atoms with E-state index in [1.807, 2.05) is 12.1 Å². The maximum absolute atomic E-state index is 5.31. The summed E-state index contributed by atoms with van der Waals surface area (Å²) < 4.78 is 4.74. The number of benzene rings is 8. The van der Waals surface area contributed by atoms with Gasteiger partial charge in [-0.2, -0.15) is 0 Å². The molecule has 12 rings (SSSR count). The van der Waals surface area contributed by atoms with E-state index < -0.39 is 0 Å². The van der Waals surface area contributed by atoms with Gasteiger partial charge in [0, 0.05) is 38.4 Å². The maximum atomic E-state index is 5.31. The second-order valence-electron chi connectivity index (χ2n) is 14.2. The Morgan fingerprint density at radius 2 is 0.907 bits per heavy atom. The number of nitrogens with zero attached hydrogens (tertiary/aromatic N) is 4. The fourth-order valence-electron chi connectivity index (χ4n) is 8.81. The van der Waals surface area contributed by atoms with Crippen molar-refractivity contribution in [1.82, 2.24) is 19.1 Å². The minimum atomic E-state index is 0.866. The Morgan fingerprint density at radius 1 is 0.333 bits per heavy atom. The Bertz CT molecular complexity index is 3310. The van der Waals surface area contributed by atoms with Crippen LogP contribution in [0.25, 0.3) is 111 Å². The van der Waals surface area contributed by atoms with Crippen molar-refractivity contribution in [2.24, 2.45) is 0 Å². The van der Waals surface area contributed by atoms with Crippen molar-refractivity contribution in [3.05, 3.63) is 182 Å². The number of rotatable bonds is 3. The van der Waals surface area contributed by atoms with Crippen molar-refractivity contribution in [2.45, 2.75) is 0 Å². The molecule has 0 fully saturated rings. The van der Waals surface area contributed by atoms with E-state index in [9.17, 15) is 0 Å². The van der Waals surface area contributed by atoms with E-state index in [1.54, 1.807) is 0 Å². The normalized spacial score (nSPS) is 12.1. The highest BCUT2D eigenvalue weighted by Crippen LogP contribution is 2.48. The third kappa shape index (κ3) is 4.13. The molecule has 4 heteroatoms. The van der Waals surface area contributed by atoms with Gasteiger partial charge in [0.25, 0.3) is 0 Å². The average Bonchev–Trinajstić information content (AvgIpc) is 3.72. The van der Waals surface area contributed by atoms with Crippen molar-refractivity contribution in [3.63, 3.8) is 0 Å². The summed E-state index contributed by atoms with van der Waals surface area (Å²) in [6.07, 6.45) is 0. The van der Waals surface area contributed by atoms with Gasteiger partial charge in [-0.3, -0.25) is 4.57 Å². The number of aromatic nitrogens is 4. The summed E-state index contributed by atoms with van der Waals surface area (Å²) >= 11 is 0. The number of para-hydroxylation sites is 4. The van der Waals surface area contributed by atoms with E-state index >= 15 is 0 Å². The molecule has 3 aromatic heterocycles. The van der Waals surface area contributed by atoms with E-state index in [0.29, 0.717) is 0 Å². The third-order valence-electron chi connectivity index (χ3n) is 11.2. The molecule has 4 nitrogen and oxygen atoms in total. The summed E-state index contributed by atoms with van der Waals surface area (Å²) in [7, 11) is 0. The molecule has 250 valence electrons. The topological polar surface area (TPSA) is 35.6 Å². The van der Waals surface area contributed by atoms with Crippen molar-refractivity contribution >= 4 is 54.6 Å². The summed E-state index contributed by atoms with van der Waals surface area (Å²) in [5.74, 6) is 0.866. The summed E-state index contributed by atoms with van der Waals surface area (Å²) in [6.45, 7) is 0. The van der Waals surface area contributed by atoms with E-state index in [2.05, 4.69) is 179 Å². The van der Waals surface area contributed by atoms with Gasteiger partial charge in [0.05, 0.1) is 33.1 Å². The molecule has 1 aliphatic rings. The lowest BCUT2D eigenvalue weighted by Crippen LogP contribution is -2.02. The Labute approximate surface area is 310 Å². The largest absolute Gasteiger partial charge is 0.309 e. The minimum absolute atomic E-state index is 0.866. The smallest absolute Gasteiger partial charge is 0.165 e. The summed E-state index contributed by atoms with van der Waals surface area (Å²) in [5.41, 5.74) is 16.7. The van der Waals surface area contributed by atoms with Crippen LogP contribution in [0.5, 0.6) is 0 Å².